The SMILES string of the molecule is Cc1cc(C(C#N)c2ccc(Cl)cc2)c(Cl)cc1NC(=O)c1oc2c(c1C)C(=O)CC(C)(C)C2. The molecule has 0 aliphatic heterocycles. The minimum Gasteiger partial charge on any atom is -0.455 e. The molecule has 1 amide bonds. The maximum atomic E-state index is 13.1. The normalized spacial score (nSPS) is 15.4. The van der Waals surface area contributed by atoms with Gasteiger partial charge in [-0.25, -0.2) is 0 Å². The van der Waals surface area contributed by atoms with Crippen LogP contribution in [0.25, 0.3) is 0 Å². The van der Waals surface area contributed by atoms with E-state index >= 15 is 0 Å². The molecule has 0 fully saturated rings. The molecule has 0 saturated heterocycles. The number of aryl methyl sites for hydroxylation is 1. The molecular weight excluding hydrogens is 471 g/mol. The van der Waals surface area contributed by atoms with E-state index in [1.54, 1.807) is 43.3 Å². The van der Waals surface area contributed by atoms with Crippen LogP contribution >= 0.6 is 23.2 Å². The van der Waals surface area contributed by atoms with E-state index in [1.807, 2.05) is 20.8 Å². The Bertz CT molecular complexity index is 1350. The van der Waals surface area contributed by atoms with E-state index in [0.717, 1.165) is 11.1 Å². The molecule has 5 nitrogen and oxygen atoms in total. The molecule has 1 N–H and O–H groups in total. The van der Waals surface area contributed by atoms with Crippen molar-refractivity contribution >= 4 is 40.6 Å². The van der Waals surface area contributed by atoms with Crippen LogP contribution < -0.4 is 5.32 Å². The van der Waals surface area contributed by atoms with Gasteiger partial charge >= 0.3 is 0 Å². The smallest absolute Gasteiger partial charge is 0.291 e. The molecule has 174 valence electrons. The topological polar surface area (TPSA) is 83.1 Å². The first-order valence-corrected chi connectivity index (χ1v) is 11.7. The largest absolute Gasteiger partial charge is 0.455 e. The van der Waals surface area contributed by atoms with Crippen LogP contribution in [0.5, 0.6) is 0 Å². The van der Waals surface area contributed by atoms with E-state index in [9.17, 15) is 14.9 Å². The highest BCUT2D eigenvalue weighted by Gasteiger charge is 2.37. The number of fused-ring (bicyclic) bond motifs is 1. The lowest BCUT2D eigenvalue weighted by Crippen LogP contribution is -2.26. The molecule has 1 aliphatic carbocycles. The highest BCUT2D eigenvalue weighted by molar-refractivity contribution is 6.32. The Morgan fingerprint density at radius 2 is 1.82 bits per heavy atom. The molecule has 3 aromatic rings. The second kappa shape index (κ2) is 8.94. The number of carbonyl (C=O) groups is 2. The number of nitrogens with one attached hydrogen (secondary N) is 1. The molecule has 1 aromatic heterocycles. The van der Waals surface area contributed by atoms with Crippen LogP contribution in [0.1, 0.15) is 75.1 Å². The van der Waals surface area contributed by atoms with Crippen LogP contribution in [0, 0.1) is 30.6 Å². The Kier molecular flexibility index (Phi) is 6.33. The predicted octanol–water partition coefficient (Wildman–Crippen LogP) is 7.27. The van der Waals surface area contributed by atoms with Crippen LogP contribution in [-0.2, 0) is 6.42 Å². The molecule has 0 bridgehead atoms. The highest BCUT2D eigenvalue weighted by atomic mass is 35.5. The molecule has 1 atom stereocenters. The Morgan fingerprint density at radius 3 is 2.47 bits per heavy atom. The summed E-state index contributed by atoms with van der Waals surface area (Å²) in [4.78, 5) is 25.7. The third-order valence-corrected chi connectivity index (χ3v) is 6.80. The van der Waals surface area contributed by atoms with Crippen molar-refractivity contribution in [2.75, 3.05) is 5.32 Å². The molecule has 2 aromatic carbocycles. The molecule has 7 heteroatoms. The van der Waals surface area contributed by atoms with Gasteiger partial charge in [0, 0.05) is 34.1 Å². The minimum absolute atomic E-state index is 0.000118. The van der Waals surface area contributed by atoms with E-state index in [4.69, 9.17) is 27.6 Å². The number of furan rings is 1. The Hall–Kier alpha value is -3.07. The van der Waals surface area contributed by atoms with Gasteiger partial charge in [0.2, 0.25) is 0 Å². The number of ketones is 1. The van der Waals surface area contributed by atoms with Gasteiger partial charge in [-0.15, -0.1) is 0 Å². The first-order valence-electron chi connectivity index (χ1n) is 10.9. The molecule has 1 unspecified atom stereocenters. The predicted molar refractivity (Wildman–Crippen MR) is 133 cm³/mol. The number of nitriles is 1. The van der Waals surface area contributed by atoms with Crippen LogP contribution in [0.2, 0.25) is 10.0 Å². The minimum atomic E-state index is -0.582. The van der Waals surface area contributed by atoms with Crippen molar-refractivity contribution in [3.63, 3.8) is 0 Å². The van der Waals surface area contributed by atoms with Gasteiger partial charge in [-0.3, -0.25) is 9.59 Å². The second-order valence-electron chi connectivity index (χ2n) is 9.55. The fourth-order valence-corrected chi connectivity index (χ4v) is 4.92. The Balaban J connectivity index is 1.63. The molecule has 1 aliphatic rings. The summed E-state index contributed by atoms with van der Waals surface area (Å²) in [6.07, 6.45) is 1.02. The molecule has 0 saturated carbocycles. The summed E-state index contributed by atoms with van der Waals surface area (Å²) in [5.74, 6) is -0.332. The summed E-state index contributed by atoms with van der Waals surface area (Å²) in [6, 6.07) is 12.8. The maximum absolute atomic E-state index is 13.1. The van der Waals surface area contributed by atoms with Gasteiger partial charge in [0.15, 0.2) is 11.5 Å². The lowest BCUT2D eigenvalue weighted by atomic mass is 9.76. The van der Waals surface area contributed by atoms with E-state index in [-0.39, 0.29) is 17.0 Å². The molecule has 1 heterocycles. The first-order chi connectivity index (χ1) is 16.0. The monoisotopic (exact) mass is 494 g/mol. The van der Waals surface area contributed by atoms with Gasteiger partial charge in [-0.05, 0) is 54.2 Å². The second-order valence-corrected chi connectivity index (χ2v) is 10.4. The third kappa shape index (κ3) is 4.49. The zero-order valence-electron chi connectivity index (χ0n) is 19.4. The van der Waals surface area contributed by atoms with Gasteiger partial charge in [0.05, 0.1) is 17.6 Å². The molecular formula is C27H24Cl2N2O3. The summed E-state index contributed by atoms with van der Waals surface area (Å²) >= 11 is 12.5. The maximum Gasteiger partial charge on any atom is 0.291 e. The fraction of sp³-hybridized carbons (Fsp3) is 0.296. The Morgan fingerprint density at radius 1 is 1.15 bits per heavy atom. The van der Waals surface area contributed by atoms with Gasteiger partial charge in [-0.2, -0.15) is 5.26 Å². The number of rotatable bonds is 4. The average Bonchev–Trinajstić information content (AvgIpc) is 3.08. The van der Waals surface area contributed by atoms with Gasteiger partial charge in [-0.1, -0.05) is 55.2 Å². The zero-order valence-corrected chi connectivity index (χ0v) is 20.9. The molecule has 0 radical (unpaired) electrons. The molecule has 34 heavy (non-hydrogen) atoms. The lowest BCUT2D eigenvalue weighted by molar-refractivity contribution is 0.0898. The van der Waals surface area contributed by atoms with Crippen LogP contribution in [0.3, 0.4) is 0 Å². The summed E-state index contributed by atoms with van der Waals surface area (Å²) in [5, 5.41) is 13.6. The van der Waals surface area contributed by atoms with Crippen LogP contribution in [0.4, 0.5) is 5.69 Å². The highest BCUT2D eigenvalue weighted by Crippen LogP contribution is 2.39. The number of hydrogen-bond acceptors (Lipinski definition) is 4. The first kappa shape index (κ1) is 24.1. The third-order valence-electron chi connectivity index (χ3n) is 6.22. The summed E-state index contributed by atoms with van der Waals surface area (Å²) < 4.78 is 5.87. The van der Waals surface area contributed by atoms with E-state index in [1.165, 1.54) is 0 Å². The van der Waals surface area contributed by atoms with Crippen molar-refractivity contribution < 1.29 is 14.0 Å². The van der Waals surface area contributed by atoms with Crippen LogP contribution in [-0.4, -0.2) is 11.7 Å². The number of hydrogen-bond donors (Lipinski definition) is 1. The fourth-order valence-electron chi connectivity index (χ4n) is 4.52. The summed E-state index contributed by atoms with van der Waals surface area (Å²) in [7, 11) is 0. The van der Waals surface area contributed by atoms with E-state index in [2.05, 4.69) is 11.4 Å². The number of nitrogens with zero attached hydrogens (tertiary/aromatic N) is 1. The van der Waals surface area contributed by atoms with E-state index < -0.39 is 11.8 Å². The zero-order chi connectivity index (χ0) is 24.8. The van der Waals surface area contributed by atoms with Crippen molar-refractivity contribution in [3.05, 3.63) is 85.8 Å². The van der Waals surface area contributed by atoms with Crippen molar-refractivity contribution in [1.82, 2.24) is 0 Å². The number of benzene rings is 2. The molecule has 4 rings (SSSR count). The Labute approximate surface area is 208 Å². The van der Waals surface area contributed by atoms with Gasteiger partial charge < -0.3 is 9.73 Å². The van der Waals surface area contributed by atoms with Crippen molar-refractivity contribution in [3.8, 4) is 6.07 Å². The summed E-state index contributed by atoms with van der Waals surface area (Å²) in [5.41, 5.74) is 3.53. The summed E-state index contributed by atoms with van der Waals surface area (Å²) in [6.45, 7) is 7.59. The van der Waals surface area contributed by atoms with Gasteiger partial charge in [0.25, 0.3) is 5.91 Å². The number of anilines is 1. The number of halogens is 2. The van der Waals surface area contributed by atoms with Crippen molar-refractivity contribution in [2.24, 2.45) is 5.41 Å². The van der Waals surface area contributed by atoms with E-state index in [0.29, 0.717) is 51.0 Å². The quantitative estimate of drug-likeness (QED) is 0.413. The number of carbonyl (C=O) groups excluding carboxylic acids is 2. The van der Waals surface area contributed by atoms with Crippen molar-refractivity contribution in [1.29, 1.82) is 5.26 Å². The van der Waals surface area contributed by atoms with Crippen molar-refractivity contribution in [2.45, 2.75) is 46.5 Å². The van der Waals surface area contributed by atoms with Gasteiger partial charge in [0.1, 0.15) is 5.76 Å². The molecule has 0 spiro atoms. The number of amides is 1. The number of Topliss-reactive ketones (excluding diaryl/α,β-unsaturated/α-hetero) is 1. The standard InChI is InChI=1S/C27H24Cl2N2O3/c1-14-9-18(19(13-30)16-5-7-17(28)8-6-16)20(29)10-21(14)31-26(33)25-15(2)24-22(32)11-27(3,4)12-23(24)34-25/h5-10,19H,11-12H2,1-4H3,(H,31,33). The average molecular weight is 495 g/mol. The van der Waals surface area contributed by atoms with Crippen LogP contribution in [0.15, 0.2) is 40.8 Å². The lowest BCUT2D eigenvalue weighted by Gasteiger charge is -2.27.